The molecule has 28 heavy (non-hydrogen) atoms. The van der Waals surface area contributed by atoms with Gasteiger partial charge < -0.3 is 10.1 Å². The van der Waals surface area contributed by atoms with E-state index < -0.39 is 5.41 Å². The maximum atomic E-state index is 13.4. The van der Waals surface area contributed by atoms with Gasteiger partial charge >= 0.3 is 0 Å². The molecule has 1 amide bonds. The summed E-state index contributed by atoms with van der Waals surface area (Å²) in [6, 6.07) is 12.1. The van der Waals surface area contributed by atoms with Gasteiger partial charge in [-0.25, -0.2) is 9.97 Å². The summed E-state index contributed by atoms with van der Waals surface area (Å²) in [5.74, 6) is 0.816. The number of hydrogen-bond acceptors (Lipinski definition) is 4. The van der Waals surface area contributed by atoms with Crippen LogP contribution in [-0.4, -0.2) is 33.7 Å². The summed E-state index contributed by atoms with van der Waals surface area (Å²) in [7, 11) is 0. The first kappa shape index (κ1) is 18.4. The van der Waals surface area contributed by atoms with E-state index in [-0.39, 0.29) is 5.91 Å². The fourth-order valence-corrected chi connectivity index (χ4v) is 3.77. The first-order valence-corrected chi connectivity index (χ1v) is 9.54. The van der Waals surface area contributed by atoms with Gasteiger partial charge in [-0.05, 0) is 31.4 Å². The van der Waals surface area contributed by atoms with E-state index in [4.69, 9.17) is 4.74 Å². The Morgan fingerprint density at radius 1 is 1.18 bits per heavy atom. The number of aryl methyl sites for hydroxylation is 1. The van der Waals surface area contributed by atoms with Gasteiger partial charge in [0.05, 0.1) is 5.41 Å². The predicted molar refractivity (Wildman–Crippen MR) is 106 cm³/mol. The Labute approximate surface area is 164 Å². The van der Waals surface area contributed by atoms with Crippen molar-refractivity contribution in [1.29, 1.82) is 0 Å². The third kappa shape index (κ3) is 3.55. The molecule has 0 aliphatic carbocycles. The molecule has 6 nitrogen and oxygen atoms in total. The fraction of sp³-hybridized carbons (Fsp3) is 0.318. The van der Waals surface area contributed by atoms with Gasteiger partial charge in [0.1, 0.15) is 12.1 Å². The molecule has 0 radical (unpaired) electrons. The molecule has 1 aliphatic heterocycles. The van der Waals surface area contributed by atoms with Crippen molar-refractivity contribution in [2.75, 3.05) is 13.2 Å². The lowest BCUT2D eigenvalue weighted by Gasteiger charge is -2.36. The smallest absolute Gasteiger partial charge is 0.231 e. The second-order valence-electron chi connectivity index (χ2n) is 7.20. The molecule has 1 N–H and O–H groups in total. The van der Waals surface area contributed by atoms with Crippen molar-refractivity contribution < 1.29 is 9.53 Å². The van der Waals surface area contributed by atoms with Crippen LogP contribution in [0.15, 0.2) is 61.3 Å². The third-order valence-corrected chi connectivity index (χ3v) is 5.44. The zero-order valence-electron chi connectivity index (χ0n) is 16.0. The maximum absolute atomic E-state index is 13.4. The Morgan fingerprint density at radius 2 is 1.96 bits per heavy atom. The molecular weight excluding hydrogens is 352 g/mol. The number of rotatable bonds is 5. The first-order chi connectivity index (χ1) is 13.7. The largest absolute Gasteiger partial charge is 0.381 e. The van der Waals surface area contributed by atoms with Gasteiger partial charge in [0.2, 0.25) is 5.91 Å². The number of benzene rings is 1. The molecule has 0 spiro atoms. The normalized spacial score (nSPS) is 15.9. The number of nitrogens with zero attached hydrogens (tertiary/aromatic N) is 3. The Bertz CT molecular complexity index is 929. The van der Waals surface area contributed by atoms with E-state index in [0.29, 0.717) is 32.6 Å². The Balaban J connectivity index is 1.57. The average molecular weight is 376 g/mol. The van der Waals surface area contributed by atoms with Crippen LogP contribution in [0, 0.1) is 6.92 Å². The Kier molecular flexibility index (Phi) is 5.21. The second-order valence-corrected chi connectivity index (χ2v) is 7.20. The van der Waals surface area contributed by atoms with Crippen molar-refractivity contribution in [3.05, 3.63) is 78.0 Å². The van der Waals surface area contributed by atoms with Crippen LogP contribution in [0.25, 0.3) is 5.82 Å². The van der Waals surface area contributed by atoms with Crippen molar-refractivity contribution in [1.82, 2.24) is 19.9 Å². The number of pyridine rings is 1. The molecule has 0 atom stereocenters. The molecule has 1 saturated heterocycles. The third-order valence-electron chi connectivity index (χ3n) is 5.44. The second kappa shape index (κ2) is 7.94. The van der Waals surface area contributed by atoms with Crippen LogP contribution in [0.4, 0.5) is 0 Å². The molecule has 0 bridgehead atoms. The highest BCUT2D eigenvalue weighted by Gasteiger charge is 2.41. The topological polar surface area (TPSA) is 69.0 Å². The number of imidazole rings is 1. The van der Waals surface area contributed by atoms with Crippen LogP contribution < -0.4 is 5.32 Å². The van der Waals surface area contributed by atoms with Crippen molar-refractivity contribution in [2.24, 2.45) is 0 Å². The minimum absolute atomic E-state index is 0.0417. The minimum Gasteiger partial charge on any atom is -0.381 e. The zero-order valence-corrected chi connectivity index (χ0v) is 16.0. The molecule has 3 aromatic rings. The quantitative estimate of drug-likeness (QED) is 0.743. The van der Waals surface area contributed by atoms with Gasteiger partial charge in [0.25, 0.3) is 0 Å². The molecule has 144 valence electrons. The summed E-state index contributed by atoms with van der Waals surface area (Å²) in [6.07, 6.45) is 8.38. The molecule has 2 aromatic heterocycles. The van der Waals surface area contributed by atoms with Gasteiger partial charge in [-0.1, -0.05) is 35.9 Å². The number of carbonyl (C=O) groups is 1. The molecule has 3 heterocycles. The lowest BCUT2D eigenvalue weighted by Crippen LogP contribution is -2.47. The summed E-state index contributed by atoms with van der Waals surface area (Å²) in [5, 5.41) is 3.16. The molecule has 1 aliphatic rings. The van der Waals surface area contributed by atoms with Crippen molar-refractivity contribution >= 4 is 5.91 Å². The Hall–Kier alpha value is -2.99. The monoisotopic (exact) mass is 376 g/mol. The number of amides is 1. The first-order valence-electron chi connectivity index (χ1n) is 9.54. The predicted octanol–water partition coefficient (Wildman–Crippen LogP) is 2.94. The molecule has 0 saturated carbocycles. The highest BCUT2D eigenvalue weighted by molar-refractivity contribution is 5.88. The van der Waals surface area contributed by atoms with Gasteiger partial charge in [-0.2, -0.15) is 0 Å². The lowest BCUT2D eigenvalue weighted by atomic mass is 9.73. The van der Waals surface area contributed by atoms with Crippen LogP contribution in [-0.2, 0) is 21.5 Å². The minimum atomic E-state index is -0.552. The summed E-state index contributed by atoms with van der Waals surface area (Å²) in [4.78, 5) is 21.9. The molecule has 0 unspecified atom stereocenters. The van der Waals surface area contributed by atoms with Crippen LogP contribution in [0.5, 0.6) is 0 Å². The van der Waals surface area contributed by atoms with Crippen LogP contribution in [0.2, 0.25) is 0 Å². The molecule has 6 heteroatoms. The van der Waals surface area contributed by atoms with Crippen molar-refractivity contribution in [2.45, 2.75) is 31.7 Å². The lowest BCUT2D eigenvalue weighted by molar-refractivity contribution is -0.130. The Morgan fingerprint density at radius 3 is 2.68 bits per heavy atom. The highest BCUT2D eigenvalue weighted by Crippen LogP contribution is 2.35. The molecular formula is C22H24N4O2. The number of carbonyl (C=O) groups excluding carboxylic acids is 1. The number of ether oxygens (including phenoxy) is 1. The highest BCUT2D eigenvalue weighted by atomic mass is 16.5. The number of hydrogen-bond donors (Lipinski definition) is 1. The van der Waals surface area contributed by atoms with E-state index in [1.54, 1.807) is 18.7 Å². The zero-order chi connectivity index (χ0) is 19.4. The van der Waals surface area contributed by atoms with E-state index in [0.717, 1.165) is 16.9 Å². The van der Waals surface area contributed by atoms with Gasteiger partial charge in [-0.15, -0.1) is 0 Å². The van der Waals surface area contributed by atoms with Crippen LogP contribution in [0.1, 0.15) is 29.5 Å². The van der Waals surface area contributed by atoms with E-state index in [9.17, 15) is 4.79 Å². The average Bonchev–Trinajstić information content (AvgIpc) is 3.28. The van der Waals surface area contributed by atoms with Crippen LogP contribution >= 0.6 is 0 Å². The summed E-state index contributed by atoms with van der Waals surface area (Å²) >= 11 is 0. The number of nitrogens with one attached hydrogen (secondary N) is 1. The van der Waals surface area contributed by atoms with Gasteiger partial charge in [0, 0.05) is 43.9 Å². The maximum Gasteiger partial charge on any atom is 0.231 e. The van der Waals surface area contributed by atoms with Crippen molar-refractivity contribution in [3.8, 4) is 5.82 Å². The SMILES string of the molecule is Cc1ccc(C2(C(=O)NCc3cccnc3-n3ccnc3)CCOCC2)cc1. The van der Waals surface area contributed by atoms with Crippen LogP contribution in [0.3, 0.4) is 0 Å². The summed E-state index contributed by atoms with van der Waals surface area (Å²) in [5.41, 5.74) is 2.63. The van der Waals surface area contributed by atoms with Crippen molar-refractivity contribution in [3.63, 3.8) is 0 Å². The van der Waals surface area contributed by atoms with Gasteiger partial charge in [0.15, 0.2) is 0 Å². The van der Waals surface area contributed by atoms with E-state index >= 15 is 0 Å². The summed E-state index contributed by atoms with van der Waals surface area (Å²) in [6.45, 7) is 3.65. The van der Waals surface area contributed by atoms with E-state index in [1.165, 1.54) is 5.56 Å². The fourth-order valence-electron chi connectivity index (χ4n) is 3.77. The molecule has 1 fully saturated rings. The molecule has 1 aromatic carbocycles. The van der Waals surface area contributed by atoms with E-state index in [1.807, 2.05) is 22.9 Å². The van der Waals surface area contributed by atoms with E-state index in [2.05, 4.69) is 46.5 Å². The number of aromatic nitrogens is 3. The molecule has 4 rings (SSSR count). The van der Waals surface area contributed by atoms with Gasteiger partial charge in [-0.3, -0.25) is 9.36 Å². The standard InChI is InChI=1S/C22H24N4O2/c1-17-4-6-19(7-5-17)22(8-13-28-14-9-22)21(27)25-15-18-3-2-10-24-20(18)26-12-11-23-16-26/h2-7,10-12,16H,8-9,13-15H2,1H3,(H,25,27). The summed E-state index contributed by atoms with van der Waals surface area (Å²) < 4.78 is 7.40.